The highest BCUT2D eigenvalue weighted by atomic mass is 35.5. The van der Waals surface area contributed by atoms with Gasteiger partial charge in [0, 0.05) is 11.6 Å². The van der Waals surface area contributed by atoms with Gasteiger partial charge in [0.15, 0.2) is 0 Å². The number of hydrogen-bond acceptors (Lipinski definition) is 2. The lowest BCUT2D eigenvalue weighted by molar-refractivity contribution is 0.0944. The van der Waals surface area contributed by atoms with E-state index in [-0.39, 0.29) is 11.7 Å². The largest absolute Gasteiger partial charge is 0.507 e. The van der Waals surface area contributed by atoms with Gasteiger partial charge >= 0.3 is 0 Å². The van der Waals surface area contributed by atoms with Crippen LogP contribution in [0, 0.1) is 5.92 Å². The van der Waals surface area contributed by atoms with Gasteiger partial charge in [0.25, 0.3) is 5.91 Å². The minimum Gasteiger partial charge on any atom is -0.507 e. The van der Waals surface area contributed by atoms with Crippen LogP contribution in [0.5, 0.6) is 5.75 Å². The Balaban J connectivity index is 1.75. The molecule has 2 aromatic carbocycles. The Labute approximate surface area is 161 Å². The molecule has 2 aromatic rings. The van der Waals surface area contributed by atoms with Crippen molar-refractivity contribution < 1.29 is 9.90 Å². The predicted molar refractivity (Wildman–Crippen MR) is 108 cm³/mol. The summed E-state index contributed by atoms with van der Waals surface area (Å²) >= 11 is 6.35. The van der Waals surface area contributed by atoms with E-state index in [4.69, 9.17) is 11.6 Å². The van der Waals surface area contributed by atoms with Gasteiger partial charge in [0.1, 0.15) is 5.75 Å². The van der Waals surface area contributed by atoms with Crippen LogP contribution in [0.3, 0.4) is 0 Å². The van der Waals surface area contributed by atoms with Crippen LogP contribution in [0.15, 0.2) is 42.5 Å². The molecule has 0 aliphatic heterocycles. The van der Waals surface area contributed by atoms with Crippen LogP contribution in [0.4, 0.5) is 0 Å². The number of nitrogens with one attached hydrogen (secondary N) is 1. The molecule has 0 fully saturated rings. The molecule has 0 aliphatic carbocycles. The molecule has 0 heterocycles. The molecule has 4 heteroatoms. The van der Waals surface area contributed by atoms with Crippen molar-refractivity contribution >= 4 is 17.5 Å². The minimum absolute atomic E-state index is 0.0133. The highest BCUT2D eigenvalue weighted by Gasteiger charge is 2.11. The number of hydrogen-bond donors (Lipinski definition) is 2. The summed E-state index contributed by atoms with van der Waals surface area (Å²) in [6.07, 6.45) is 3.05. The second kappa shape index (κ2) is 9.63. The predicted octanol–water partition coefficient (Wildman–Crippen LogP) is 5.56. The van der Waals surface area contributed by atoms with E-state index in [0.717, 1.165) is 24.3 Å². The molecule has 3 nitrogen and oxygen atoms in total. The van der Waals surface area contributed by atoms with Crippen LogP contribution in [-0.2, 0) is 6.42 Å². The molecule has 26 heavy (non-hydrogen) atoms. The van der Waals surface area contributed by atoms with Gasteiger partial charge in [0.05, 0.1) is 5.56 Å². The lowest BCUT2D eigenvalue weighted by atomic mass is 9.97. The van der Waals surface area contributed by atoms with E-state index >= 15 is 0 Å². The maximum Gasteiger partial charge on any atom is 0.255 e. The van der Waals surface area contributed by atoms with E-state index in [0.29, 0.717) is 23.9 Å². The van der Waals surface area contributed by atoms with Gasteiger partial charge in [-0.1, -0.05) is 56.6 Å². The molecule has 0 aliphatic rings. The van der Waals surface area contributed by atoms with Gasteiger partial charge < -0.3 is 10.4 Å². The van der Waals surface area contributed by atoms with Gasteiger partial charge in [0.2, 0.25) is 0 Å². The maximum absolute atomic E-state index is 12.1. The number of phenols is 1. The summed E-state index contributed by atoms with van der Waals surface area (Å²) in [4.78, 5) is 12.1. The first-order valence-corrected chi connectivity index (χ1v) is 9.60. The van der Waals surface area contributed by atoms with Gasteiger partial charge in [-0.25, -0.2) is 0 Å². The van der Waals surface area contributed by atoms with Crippen molar-refractivity contribution in [1.82, 2.24) is 5.32 Å². The maximum atomic E-state index is 12.1. The van der Waals surface area contributed by atoms with Gasteiger partial charge in [-0.2, -0.15) is 0 Å². The second-order valence-corrected chi connectivity index (χ2v) is 7.64. The smallest absolute Gasteiger partial charge is 0.255 e. The molecule has 1 atom stereocenters. The quantitative estimate of drug-likeness (QED) is 0.636. The van der Waals surface area contributed by atoms with Gasteiger partial charge in [-0.15, -0.1) is 0 Å². The summed E-state index contributed by atoms with van der Waals surface area (Å²) in [5.74, 6) is 0.588. The van der Waals surface area contributed by atoms with E-state index in [1.54, 1.807) is 18.2 Å². The normalized spacial score (nSPS) is 12.2. The lowest BCUT2D eigenvalue weighted by Crippen LogP contribution is -2.28. The number of benzene rings is 2. The zero-order chi connectivity index (χ0) is 19.1. The van der Waals surface area contributed by atoms with E-state index in [9.17, 15) is 9.90 Å². The van der Waals surface area contributed by atoms with Crippen molar-refractivity contribution in [3.63, 3.8) is 0 Å². The zero-order valence-electron chi connectivity index (χ0n) is 15.8. The second-order valence-electron chi connectivity index (χ2n) is 7.24. The van der Waals surface area contributed by atoms with Crippen molar-refractivity contribution in [3.8, 4) is 5.75 Å². The fourth-order valence-electron chi connectivity index (χ4n) is 2.98. The molecule has 2 rings (SSSR count). The average Bonchev–Trinajstić information content (AvgIpc) is 2.60. The molecule has 1 amide bonds. The average molecular weight is 374 g/mol. The van der Waals surface area contributed by atoms with Crippen molar-refractivity contribution in [2.45, 2.75) is 46.0 Å². The van der Waals surface area contributed by atoms with Crippen LogP contribution in [0.25, 0.3) is 0 Å². The fourth-order valence-corrected chi connectivity index (χ4v) is 3.40. The number of rotatable bonds is 8. The number of aromatic hydroxyl groups is 1. The summed E-state index contributed by atoms with van der Waals surface area (Å²) < 4.78 is 0. The van der Waals surface area contributed by atoms with E-state index < -0.39 is 0 Å². The summed E-state index contributed by atoms with van der Waals surface area (Å²) in [7, 11) is 0. The van der Waals surface area contributed by atoms with Crippen molar-refractivity contribution in [1.29, 1.82) is 0 Å². The van der Waals surface area contributed by atoms with Gasteiger partial charge in [-0.3, -0.25) is 4.79 Å². The SMILES string of the molecule is CC(CCCc1ccc(C(C)C)c(Cl)c1)CNC(=O)c1ccccc1O. The standard InChI is InChI=1S/C22H28ClNO2/c1-15(2)18-12-11-17(13-20(18)23)8-6-7-16(3)14-24-22(26)19-9-4-5-10-21(19)25/h4-5,9-13,15-16,25H,6-8,14H2,1-3H3,(H,24,26). The Morgan fingerprint density at radius 2 is 1.88 bits per heavy atom. The first-order valence-electron chi connectivity index (χ1n) is 9.23. The number of carbonyl (C=O) groups excluding carboxylic acids is 1. The van der Waals surface area contributed by atoms with Crippen LogP contribution in [0.2, 0.25) is 5.02 Å². The molecule has 140 valence electrons. The molecule has 0 bridgehead atoms. The Morgan fingerprint density at radius 1 is 1.15 bits per heavy atom. The first-order chi connectivity index (χ1) is 12.4. The number of para-hydroxylation sites is 1. The third-order valence-electron chi connectivity index (χ3n) is 4.61. The Hall–Kier alpha value is -2.00. The minimum atomic E-state index is -0.231. The number of halogens is 1. The molecule has 2 N–H and O–H groups in total. The number of phenolic OH excluding ortho intramolecular Hbond substituents is 1. The molecule has 0 aromatic heterocycles. The van der Waals surface area contributed by atoms with Gasteiger partial charge in [-0.05, 0) is 60.4 Å². The highest BCUT2D eigenvalue weighted by molar-refractivity contribution is 6.31. The first kappa shape index (κ1) is 20.3. The topological polar surface area (TPSA) is 49.3 Å². The lowest BCUT2D eigenvalue weighted by Gasteiger charge is -2.14. The van der Waals surface area contributed by atoms with Crippen molar-refractivity contribution in [2.75, 3.05) is 6.54 Å². The van der Waals surface area contributed by atoms with Crippen molar-refractivity contribution in [2.24, 2.45) is 5.92 Å². The highest BCUT2D eigenvalue weighted by Crippen LogP contribution is 2.26. The molecule has 0 radical (unpaired) electrons. The summed E-state index contributed by atoms with van der Waals surface area (Å²) in [6, 6.07) is 12.9. The third-order valence-corrected chi connectivity index (χ3v) is 4.94. The third kappa shape index (κ3) is 5.77. The molecule has 0 saturated carbocycles. The molecular weight excluding hydrogens is 346 g/mol. The fraction of sp³-hybridized carbons (Fsp3) is 0.409. The Morgan fingerprint density at radius 3 is 2.54 bits per heavy atom. The van der Waals surface area contributed by atoms with Crippen molar-refractivity contribution in [3.05, 3.63) is 64.2 Å². The summed E-state index contributed by atoms with van der Waals surface area (Å²) in [5, 5.41) is 13.5. The molecule has 0 saturated heterocycles. The molecule has 0 spiro atoms. The van der Waals surface area contributed by atoms with E-state index in [2.05, 4.69) is 44.3 Å². The Bertz CT molecular complexity index is 743. The summed E-state index contributed by atoms with van der Waals surface area (Å²) in [6.45, 7) is 7.01. The number of aryl methyl sites for hydroxylation is 1. The van der Waals surface area contributed by atoms with Crippen LogP contribution in [-0.4, -0.2) is 17.6 Å². The zero-order valence-corrected chi connectivity index (χ0v) is 16.5. The van der Waals surface area contributed by atoms with Crippen LogP contribution < -0.4 is 5.32 Å². The summed E-state index contributed by atoms with van der Waals surface area (Å²) in [5.41, 5.74) is 2.76. The van der Waals surface area contributed by atoms with Crippen LogP contribution in [0.1, 0.15) is 61.0 Å². The number of amides is 1. The van der Waals surface area contributed by atoms with E-state index in [1.807, 2.05) is 0 Å². The van der Waals surface area contributed by atoms with Crippen LogP contribution >= 0.6 is 11.6 Å². The van der Waals surface area contributed by atoms with E-state index in [1.165, 1.54) is 17.2 Å². The number of carbonyl (C=O) groups is 1. The molecular formula is C22H28ClNO2. The Kier molecular flexibility index (Phi) is 7.52. The molecule has 1 unspecified atom stereocenters. The monoisotopic (exact) mass is 373 g/mol.